The van der Waals surface area contributed by atoms with Gasteiger partial charge in [-0.1, -0.05) is 17.7 Å². The number of aromatic nitrogens is 2. The molecule has 0 saturated carbocycles. The van der Waals surface area contributed by atoms with E-state index in [9.17, 15) is 15.0 Å². The van der Waals surface area contributed by atoms with E-state index < -0.39 is 23.9 Å². The molecule has 8 heteroatoms. The number of carbonyl (C=O) groups is 1. The maximum absolute atomic E-state index is 11.6. The van der Waals surface area contributed by atoms with Gasteiger partial charge in [0.2, 0.25) is 0 Å². The van der Waals surface area contributed by atoms with Crippen molar-refractivity contribution < 1.29 is 19.7 Å². The predicted octanol–water partition coefficient (Wildman–Crippen LogP) is 2.20. The lowest BCUT2D eigenvalue weighted by Crippen LogP contribution is -2.38. The summed E-state index contributed by atoms with van der Waals surface area (Å²) in [7, 11) is 0. The van der Waals surface area contributed by atoms with Crippen molar-refractivity contribution in [2.75, 3.05) is 6.54 Å². The van der Waals surface area contributed by atoms with Gasteiger partial charge in [-0.05, 0) is 38.5 Å². The molecule has 1 heterocycles. The number of benzene rings is 1. The summed E-state index contributed by atoms with van der Waals surface area (Å²) in [5.41, 5.74) is 0.438. The van der Waals surface area contributed by atoms with Crippen molar-refractivity contribution in [1.29, 1.82) is 0 Å². The molecule has 0 spiro atoms. The number of nitrogens with one attached hydrogen (secondary N) is 1. The lowest BCUT2D eigenvalue weighted by atomic mass is 10.0. The highest BCUT2D eigenvalue weighted by atomic mass is 35.5. The van der Waals surface area contributed by atoms with E-state index >= 15 is 0 Å². The number of ether oxygens (including phenoxy) is 1. The summed E-state index contributed by atoms with van der Waals surface area (Å²) in [6.45, 7) is 5.05. The van der Waals surface area contributed by atoms with Crippen LogP contribution in [0.25, 0.3) is 10.9 Å². The van der Waals surface area contributed by atoms with E-state index in [4.69, 9.17) is 16.3 Å². The highest BCUT2D eigenvalue weighted by Gasteiger charge is 2.22. The van der Waals surface area contributed by atoms with Gasteiger partial charge in [0.1, 0.15) is 29.3 Å². The highest BCUT2D eigenvalue weighted by Crippen LogP contribution is 2.25. The van der Waals surface area contributed by atoms with E-state index in [0.717, 1.165) is 0 Å². The highest BCUT2D eigenvalue weighted by molar-refractivity contribution is 6.34. The van der Waals surface area contributed by atoms with Crippen LogP contribution in [0.1, 0.15) is 32.4 Å². The van der Waals surface area contributed by atoms with Crippen molar-refractivity contribution in [2.24, 2.45) is 0 Å². The van der Waals surface area contributed by atoms with Crippen molar-refractivity contribution in [2.45, 2.75) is 38.6 Å². The van der Waals surface area contributed by atoms with E-state index in [1.807, 2.05) is 0 Å². The third kappa shape index (κ3) is 4.77. The lowest BCUT2D eigenvalue weighted by molar-refractivity contribution is 0.0130. The van der Waals surface area contributed by atoms with Crippen LogP contribution >= 0.6 is 11.6 Å². The Morgan fingerprint density at radius 1 is 1.33 bits per heavy atom. The van der Waals surface area contributed by atoms with Gasteiger partial charge >= 0.3 is 6.09 Å². The summed E-state index contributed by atoms with van der Waals surface area (Å²) in [4.78, 5) is 19.5. The first-order chi connectivity index (χ1) is 11.2. The van der Waals surface area contributed by atoms with Gasteiger partial charge < -0.3 is 20.3 Å². The fraction of sp³-hybridized carbons (Fsp3) is 0.438. The first-order valence-electron chi connectivity index (χ1n) is 7.40. The summed E-state index contributed by atoms with van der Waals surface area (Å²) < 4.78 is 5.07. The van der Waals surface area contributed by atoms with Gasteiger partial charge in [0.25, 0.3) is 0 Å². The molecule has 1 amide bonds. The Balaban J connectivity index is 2.04. The molecule has 0 bridgehead atoms. The van der Waals surface area contributed by atoms with Crippen molar-refractivity contribution >= 4 is 28.6 Å². The number of hydrogen-bond donors (Lipinski definition) is 3. The molecule has 24 heavy (non-hydrogen) atoms. The zero-order chi connectivity index (χ0) is 17.9. The zero-order valence-corrected chi connectivity index (χ0v) is 14.4. The Bertz CT molecular complexity index is 733. The molecule has 130 valence electrons. The van der Waals surface area contributed by atoms with Gasteiger partial charge in [-0.2, -0.15) is 0 Å². The van der Waals surface area contributed by atoms with Crippen LogP contribution in [0, 0.1) is 0 Å². The molecule has 0 saturated heterocycles. The van der Waals surface area contributed by atoms with Gasteiger partial charge in [0.15, 0.2) is 0 Å². The fourth-order valence-electron chi connectivity index (χ4n) is 2.06. The maximum atomic E-state index is 11.6. The molecule has 7 nitrogen and oxygen atoms in total. The fourth-order valence-corrected chi connectivity index (χ4v) is 2.26. The second-order valence-electron chi connectivity index (χ2n) is 6.34. The molecule has 1 aromatic heterocycles. The number of amides is 1. The second-order valence-corrected chi connectivity index (χ2v) is 6.69. The number of fused-ring (bicyclic) bond motifs is 1. The number of alkyl carbamates (subject to hydrolysis) is 1. The van der Waals surface area contributed by atoms with E-state index in [-0.39, 0.29) is 11.7 Å². The molecule has 2 aromatic rings. The average molecular weight is 354 g/mol. The normalized spacial score (nSPS) is 14.2. The maximum Gasteiger partial charge on any atom is 0.407 e. The van der Waals surface area contributed by atoms with Gasteiger partial charge in [-0.15, -0.1) is 0 Å². The smallest absolute Gasteiger partial charge is 0.407 e. The Labute approximate surface area is 144 Å². The third-order valence-corrected chi connectivity index (χ3v) is 3.47. The van der Waals surface area contributed by atoms with Crippen LogP contribution in [0.5, 0.6) is 0 Å². The Morgan fingerprint density at radius 2 is 2.04 bits per heavy atom. The van der Waals surface area contributed by atoms with Crippen molar-refractivity contribution in [3.05, 3.63) is 35.2 Å². The van der Waals surface area contributed by atoms with Crippen LogP contribution in [0.15, 0.2) is 24.5 Å². The van der Waals surface area contributed by atoms with E-state index in [1.54, 1.807) is 39.0 Å². The van der Waals surface area contributed by atoms with Gasteiger partial charge in [0.05, 0.1) is 5.52 Å². The zero-order valence-electron chi connectivity index (χ0n) is 13.7. The Hall–Kier alpha value is -1.96. The number of aliphatic hydroxyl groups is 2. The summed E-state index contributed by atoms with van der Waals surface area (Å²) in [6, 6.07) is 4.92. The molecular weight excluding hydrogens is 334 g/mol. The van der Waals surface area contributed by atoms with Gasteiger partial charge in [-0.3, -0.25) is 0 Å². The molecule has 3 N–H and O–H groups in total. The molecule has 0 radical (unpaired) electrons. The minimum absolute atomic E-state index is 0.160. The van der Waals surface area contributed by atoms with E-state index in [0.29, 0.717) is 16.5 Å². The first-order valence-corrected chi connectivity index (χ1v) is 7.78. The van der Waals surface area contributed by atoms with Gasteiger partial charge in [-0.25, -0.2) is 14.8 Å². The van der Waals surface area contributed by atoms with E-state index in [1.165, 1.54) is 6.33 Å². The SMILES string of the molecule is CC(C)(C)OC(=O)NCC(O)C(O)c1ccc2ncnc(Cl)c2c1. The van der Waals surface area contributed by atoms with Crippen LogP contribution < -0.4 is 5.32 Å². The molecule has 2 unspecified atom stereocenters. The van der Waals surface area contributed by atoms with Crippen LogP contribution in [-0.2, 0) is 4.74 Å². The van der Waals surface area contributed by atoms with E-state index in [2.05, 4.69) is 15.3 Å². The molecule has 2 rings (SSSR count). The number of aliphatic hydroxyl groups excluding tert-OH is 2. The molecular formula is C16H20ClN3O4. The third-order valence-electron chi connectivity index (χ3n) is 3.17. The number of carbonyl (C=O) groups excluding carboxylic acids is 1. The quantitative estimate of drug-likeness (QED) is 0.728. The first kappa shape index (κ1) is 18.4. The second kappa shape index (κ2) is 7.29. The van der Waals surface area contributed by atoms with Crippen LogP contribution in [-0.4, -0.2) is 44.5 Å². The minimum Gasteiger partial charge on any atom is -0.444 e. The summed E-state index contributed by atoms with van der Waals surface area (Å²) >= 11 is 6.01. The largest absolute Gasteiger partial charge is 0.444 e. The van der Waals surface area contributed by atoms with Crippen molar-refractivity contribution in [1.82, 2.24) is 15.3 Å². The number of nitrogens with zero attached hydrogens (tertiary/aromatic N) is 2. The van der Waals surface area contributed by atoms with Crippen molar-refractivity contribution in [3.8, 4) is 0 Å². The van der Waals surface area contributed by atoms with Crippen LogP contribution in [0.2, 0.25) is 5.15 Å². The van der Waals surface area contributed by atoms with Gasteiger partial charge in [0, 0.05) is 11.9 Å². The number of rotatable bonds is 4. The Kier molecular flexibility index (Phi) is 5.58. The standard InChI is InChI=1S/C16H20ClN3O4/c1-16(2,3)24-15(23)18-7-12(21)13(22)9-4-5-11-10(6-9)14(17)20-8-19-11/h4-6,8,12-13,21-22H,7H2,1-3H3,(H,18,23). The average Bonchev–Trinajstić information content (AvgIpc) is 2.50. The minimum atomic E-state index is -1.21. The summed E-state index contributed by atoms with van der Waals surface area (Å²) in [5, 5.41) is 23.6. The topological polar surface area (TPSA) is 105 Å². The molecule has 0 fully saturated rings. The number of halogens is 1. The molecule has 0 aliphatic heterocycles. The van der Waals surface area contributed by atoms with Crippen LogP contribution in [0.3, 0.4) is 0 Å². The molecule has 1 aromatic carbocycles. The number of hydrogen-bond acceptors (Lipinski definition) is 6. The molecule has 0 aliphatic carbocycles. The van der Waals surface area contributed by atoms with Crippen molar-refractivity contribution in [3.63, 3.8) is 0 Å². The lowest BCUT2D eigenvalue weighted by Gasteiger charge is -2.22. The molecule has 2 atom stereocenters. The summed E-state index contributed by atoms with van der Waals surface area (Å²) in [6.07, 6.45) is -1.73. The Morgan fingerprint density at radius 3 is 2.71 bits per heavy atom. The predicted molar refractivity (Wildman–Crippen MR) is 89.8 cm³/mol. The monoisotopic (exact) mass is 353 g/mol. The molecule has 0 aliphatic rings. The summed E-state index contributed by atoms with van der Waals surface area (Å²) in [5.74, 6) is 0. The van der Waals surface area contributed by atoms with Crippen LogP contribution in [0.4, 0.5) is 4.79 Å².